The van der Waals surface area contributed by atoms with Crippen molar-refractivity contribution < 1.29 is 9.53 Å². The van der Waals surface area contributed by atoms with Crippen molar-refractivity contribution in [2.75, 3.05) is 5.32 Å². The second-order valence-corrected chi connectivity index (χ2v) is 6.38. The number of hydrogen-bond donors (Lipinski definition) is 1. The summed E-state index contributed by atoms with van der Waals surface area (Å²) in [6, 6.07) is 3.65. The summed E-state index contributed by atoms with van der Waals surface area (Å²) < 4.78 is 7.32. The number of benzene rings is 1. The fourth-order valence-electron chi connectivity index (χ4n) is 1.90. The van der Waals surface area contributed by atoms with E-state index >= 15 is 0 Å². The van der Waals surface area contributed by atoms with E-state index in [4.69, 9.17) is 27.9 Å². The van der Waals surface area contributed by atoms with Crippen molar-refractivity contribution in [2.45, 2.75) is 13.5 Å². The molecule has 3 rings (SSSR count). The number of ether oxygens (including phenoxy) is 1. The summed E-state index contributed by atoms with van der Waals surface area (Å²) in [5.41, 5.74) is 1.44. The van der Waals surface area contributed by atoms with E-state index < -0.39 is 0 Å². The molecular formula is C14H11Cl2N5O2S. The van der Waals surface area contributed by atoms with E-state index in [2.05, 4.69) is 20.5 Å². The van der Waals surface area contributed by atoms with Crippen LogP contribution in [-0.4, -0.2) is 25.7 Å². The van der Waals surface area contributed by atoms with Crippen LogP contribution < -0.4 is 10.1 Å². The van der Waals surface area contributed by atoms with Crippen LogP contribution in [-0.2, 0) is 11.4 Å². The van der Waals surface area contributed by atoms with Gasteiger partial charge in [-0.1, -0.05) is 34.4 Å². The van der Waals surface area contributed by atoms with Crippen molar-refractivity contribution in [3.8, 4) is 10.9 Å². The number of nitrogens with one attached hydrogen (secondary N) is 1. The lowest BCUT2D eigenvalue weighted by atomic mass is 10.2. The molecule has 10 heteroatoms. The zero-order chi connectivity index (χ0) is 17.1. The fourth-order valence-corrected chi connectivity index (χ4v) is 3.04. The molecule has 0 radical (unpaired) electrons. The van der Waals surface area contributed by atoms with Gasteiger partial charge < -0.3 is 14.6 Å². The maximum Gasteiger partial charge on any atom is 0.296 e. The number of imidazole rings is 1. The largest absolute Gasteiger partial charge is 0.464 e. The second-order valence-electron chi connectivity index (χ2n) is 4.68. The Morgan fingerprint density at radius 2 is 2.17 bits per heavy atom. The number of carbonyl (C=O) groups is 1. The van der Waals surface area contributed by atoms with Crippen LogP contribution in [0.5, 0.6) is 5.19 Å². The van der Waals surface area contributed by atoms with Gasteiger partial charge in [0.2, 0.25) is 11.0 Å². The highest BCUT2D eigenvalue weighted by Gasteiger charge is 2.13. The Hall–Kier alpha value is -2.16. The van der Waals surface area contributed by atoms with Gasteiger partial charge in [0.25, 0.3) is 5.19 Å². The Morgan fingerprint density at radius 1 is 1.33 bits per heavy atom. The molecule has 124 valence electrons. The number of hydrogen-bond acceptors (Lipinski definition) is 6. The molecule has 0 atom stereocenters. The Labute approximate surface area is 151 Å². The quantitative estimate of drug-likeness (QED) is 0.727. The SMILES string of the molecule is CC(=O)Nc1nnc(OCc2ccc(-n3ccnc3)c(Cl)c2Cl)s1. The average molecular weight is 384 g/mol. The first kappa shape index (κ1) is 16.7. The normalized spacial score (nSPS) is 10.6. The van der Waals surface area contributed by atoms with Crippen LogP contribution in [0.3, 0.4) is 0 Å². The number of aromatic nitrogens is 4. The zero-order valence-corrected chi connectivity index (χ0v) is 14.7. The van der Waals surface area contributed by atoms with Gasteiger partial charge in [-0.25, -0.2) is 4.98 Å². The Morgan fingerprint density at radius 3 is 2.88 bits per heavy atom. The smallest absolute Gasteiger partial charge is 0.296 e. The summed E-state index contributed by atoms with van der Waals surface area (Å²) in [7, 11) is 0. The summed E-state index contributed by atoms with van der Waals surface area (Å²) >= 11 is 13.8. The molecule has 0 aliphatic carbocycles. The van der Waals surface area contributed by atoms with Crippen LogP contribution in [0.25, 0.3) is 5.69 Å². The molecule has 0 fully saturated rings. The number of amides is 1. The fraction of sp³-hybridized carbons (Fsp3) is 0.143. The minimum Gasteiger partial charge on any atom is -0.464 e. The summed E-state index contributed by atoms with van der Waals surface area (Å²) in [5.74, 6) is -0.220. The van der Waals surface area contributed by atoms with E-state index in [-0.39, 0.29) is 12.5 Å². The minimum absolute atomic E-state index is 0.178. The van der Waals surface area contributed by atoms with Crippen molar-refractivity contribution in [3.63, 3.8) is 0 Å². The average Bonchev–Trinajstić information content (AvgIpc) is 3.20. The standard InChI is InChI=1S/C14H11Cl2N5O2S/c1-8(22)18-13-19-20-14(24-13)23-6-9-2-3-10(12(16)11(9)15)21-5-4-17-7-21/h2-5,7H,6H2,1H3,(H,18,19,22). The van der Waals surface area contributed by atoms with Crippen molar-refractivity contribution in [2.24, 2.45) is 0 Å². The first-order chi connectivity index (χ1) is 11.5. The lowest BCUT2D eigenvalue weighted by Crippen LogP contribution is -2.04. The van der Waals surface area contributed by atoms with Gasteiger partial charge in [-0.15, -0.1) is 5.10 Å². The summed E-state index contributed by atoms with van der Waals surface area (Å²) in [4.78, 5) is 14.9. The van der Waals surface area contributed by atoms with Crippen molar-refractivity contribution >= 4 is 45.6 Å². The Bertz CT molecular complexity index is 866. The monoisotopic (exact) mass is 383 g/mol. The highest BCUT2D eigenvalue weighted by Crippen LogP contribution is 2.33. The molecule has 24 heavy (non-hydrogen) atoms. The minimum atomic E-state index is -0.220. The third-order valence-corrected chi connectivity index (χ3v) is 4.63. The maximum absolute atomic E-state index is 11.0. The molecule has 0 saturated carbocycles. The maximum atomic E-state index is 11.0. The number of halogens is 2. The van der Waals surface area contributed by atoms with Crippen molar-refractivity contribution in [3.05, 3.63) is 46.5 Å². The molecule has 0 saturated heterocycles. The van der Waals surface area contributed by atoms with Crippen LogP contribution in [0.1, 0.15) is 12.5 Å². The summed E-state index contributed by atoms with van der Waals surface area (Å²) in [6.07, 6.45) is 5.07. The summed E-state index contributed by atoms with van der Waals surface area (Å²) in [5, 5.41) is 11.7. The van der Waals surface area contributed by atoms with E-state index in [0.29, 0.717) is 25.9 Å². The van der Waals surface area contributed by atoms with E-state index in [1.54, 1.807) is 23.3 Å². The molecule has 7 nitrogen and oxygen atoms in total. The van der Waals surface area contributed by atoms with E-state index in [0.717, 1.165) is 17.0 Å². The van der Waals surface area contributed by atoms with Gasteiger partial charge in [-0.2, -0.15) is 0 Å². The molecule has 0 spiro atoms. The predicted molar refractivity (Wildman–Crippen MR) is 92.1 cm³/mol. The molecular weight excluding hydrogens is 373 g/mol. The molecule has 1 aromatic carbocycles. The topological polar surface area (TPSA) is 81.9 Å². The van der Waals surface area contributed by atoms with Gasteiger partial charge in [-0.05, 0) is 17.4 Å². The number of rotatable bonds is 5. The molecule has 2 heterocycles. The number of nitrogens with zero attached hydrogens (tertiary/aromatic N) is 4. The molecule has 3 aromatic rings. The molecule has 0 bridgehead atoms. The zero-order valence-electron chi connectivity index (χ0n) is 12.4. The molecule has 0 aliphatic heterocycles. The van der Waals surface area contributed by atoms with Gasteiger partial charge in [0.05, 0.1) is 22.1 Å². The third kappa shape index (κ3) is 3.66. The van der Waals surface area contributed by atoms with Crippen LogP contribution >= 0.6 is 34.5 Å². The molecule has 0 unspecified atom stereocenters. The second kappa shape index (κ2) is 7.16. The van der Waals surface area contributed by atoms with Gasteiger partial charge in [0, 0.05) is 24.9 Å². The summed E-state index contributed by atoms with van der Waals surface area (Å²) in [6.45, 7) is 1.57. The Balaban J connectivity index is 1.73. The van der Waals surface area contributed by atoms with Crippen molar-refractivity contribution in [1.82, 2.24) is 19.7 Å². The van der Waals surface area contributed by atoms with Gasteiger partial charge >= 0.3 is 0 Å². The van der Waals surface area contributed by atoms with Gasteiger partial charge in [0.15, 0.2) is 0 Å². The molecule has 1 amide bonds. The first-order valence-electron chi connectivity index (χ1n) is 6.73. The highest BCUT2D eigenvalue weighted by atomic mass is 35.5. The molecule has 2 aromatic heterocycles. The van der Waals surface area contributed by atoms with Crippen LogP contribution in [0.15, 0.2) is 30.9 Å². The van der Waals surface area contributed by atoms with E-state index in [1.807, 2.05) is 12.1 Å². The van der Waals surface area contributed by atoms with E-state index in [9.17, 15) is 4.79 Å². The third-order valence-electron chi connectivity index (χ3n) is 2.97. The predicted octanol–water partition coefficient (Wildman–Crippen LogP) is 3.57. The lowest BCUT2D eigenvalue weighted by molar-refractivity contribution is -0.114. The van der Waals surface area contributed by atoms with Crippen LogP contribution in [0.2, 0.25) is 10.0 Å². The van der Waals surface area contributed by atoms with Gasteiger partial charge in [-0.3, -0.25) is 4.79 Å². The van der Waals surface area contributed by atoms with Gasteiger partial charge in [0.1, 0.15) is 6.61 Å². The lowest BCUT2D eigenvalue weighted by Gasteiger charge is -2.11. The van der Waals surface area contributed by atoms with Crippen molar-refractivity contribution in [1.29, 1.82) is 0 Å². The molecule has 1 N–H and O–H groups in total. The number of carbonyl (C=O) groups excluding carboxylic acids is 1. The Kier molecular flexibility index (Phi) is 4.98. The highest BCUT2D eigenvalue weighted by molar-refractivity contribution is 7.17. The first-order valence-corrected chi connectivity index (χ1v) is 8.31. The van der Waals surface area contributed by atoms with Crippen LogP contribution in [0, 0.1) is 0 Å². The van der Waals surface area contributed by atoms with Crippen LogP contribution in [0.4, 0.5) is 5.13 Å². The molecule has 0 aliphatic rings. The van der Waals surface area contributed by atoms with E-state index in [1.165, 1.54) is 6.92 Å². The number of anilines is 1.